The topological polar surface area (TPSA) is 62.6 Å². The zero-order chi connectivity index (χ0) is 27.6. The van der Waals surface area contributed by atoms with Gasteiger partial charge in [-0.1, -0.05) is 12.1 Å². The smallest absolute Gasteiger partial charge is 0.416 e. The van der Waals surface area contributed by atoms with Gasteiger partial charge >= 0.3 is 6.18 Å². The number of nitrogens with zero attached hydrogens (tertiary/aromatic N) is 2. The maximum Gasteiger partial charge on any atom is 0.416 e. The number of hydrogen-bond acceptors (Lipinski definition) is 5. The molecule has 0 aliphatic carbocycles. The first-order chi connectivity index (χ1) is 18.7. The van der Waals surface area contributed by atoms with Gasteiger partial charge in [-0.25, -0.2) is 4.98 Å². The second kappa shape index (κ2) is 10.5. The van der Waals surface area contributed by atoms with Crippen LogP contribution in [0.3, 0.4) is 0 Å². The Morgan fingerprint density at radius 2 is 1.31 bits per heavy atom. The Morgan fingerprint density at radius 3 is 1.90 bits per heavy atom. The van der Waals surface area contributed by atoms with Crippen molar-refractivity contribution >= 4 is 10.9 Å². The highest BCUT2D eigenvalue weighted by atomic mass is 19.4. The number of alkyl halides is 3. The fourth-order valence-electron chi connectivity index (χ4n) is 4.13. The molecule has 5 aromatic rings. The molecule has 0 unspecified atom stereocenters. The van der Waals surface area contributed by atoms with E-state index in [1.54, 1.807) is 73.8 Å². The minimum Gasteiger partial charge on any atom is -0.497 e. The van der Waals surface area contributed by atoms with E-state index in [0.717, 1.165) is 12.1 Å². The molecule has 0 saturated heterocycles. The van der Waals surface area contributed by atoms with E-state index in [-0.39, 0.29) is 12.1 Å². The van der Waals surface area contributed by atoms with Gasteiger partial charge in [0.2, 0.25) is 0 Å². The number of halogens is 3. The van der Waals surface area contributed by atoms with E-state index in [1.165, 1.54) is 23.8 Å². The number of rotatable bonds is 7. The fraction of sp³-hybridized carbons (Fsp3) is 0.133. The van der Waals surface area contributed by atoms with Gasteiger partial charge in [0, 0.05) is 5.56 Å². The normalized spacial score (nSPS) is 11.4. The molecule has 5 rings (SSSR count). The van der Waals surface area contributed by atoms with E-state index >= 15 is 0 Å². The summed E-state index contributed by atoms with van der Waals surface area (Å²) < 4.78 is 56.9. The second-order valence-corrected chi connectivity index (χ2v) is 8.71. The van der Waals surface area contributed by atoms with Crippen LogP contribution in [-0.4, -0.2) is 23.8 Å². The molecular formula is C30H23F3N2O4. The fourth-order valence-corrected chi connectivity index (χ4v) is 4.13. The molecule has 0 radical (unpaired) electrons. The first-order valence-corrected chi connectivity index (χ1v) is 11.9. The summed E-state index contributed by atoms with van der Waals surface area (Å²) in [6, 6.07) is 24.0. The standard InChI is InChI=1S/C30H23F3N2O4/c1-37-22-11-13-24(14-12-22)39-23-9-5-20(6-10-23)28-34-27-16-15-25(38-2)17-26(27)29(36)35(28)18-19-3-7-21(8-4-19)30(31,32)33/h3-17H,18H2,1-2H3. The minimum absolute atomic E-state index is 0.0244. The zero-order valence-corrected chi connectivity index (χ0v) is 21.0. The number of aromatic nitrogens is 2. The summed E-state index contributed by atoms with van der Waals surface area (Å²) in [5, 5.41) is 0.337. The third kappa shape index (κ3) is 5.57. The quantitative estimate of drug-likeness (QED) is 0.227. The van der Waals surface area contributed by atoms with Gasteiger partial charge in [0.15, 0.2) is 0 Å². The first-order valence-electron chi connectivity index (χ1n) is 11.9. The van der Waals surface area contributed by atoms with Crippen LogP contribution in [0.5, 0.6) is 23.0 Å². The molecule has 39 heavy (non-hydrogen) atoms. The van der Waals surface area contributed by atoms with Crippen molar-refractivity contribution in [1.82, 2.24) is 9.55 Å². The van der Waals surface area contributed by atoms with Crippen molar-refractivity contribution in [1.29, 1.82) is 0 Å². The van der Waals surface area contributed by atoms with Crippen LogP contribution in [0, 0.1) is 0 Å². The van der Waals surface area contributed by atoms with Crippen LogP contribution in [0.1, 0.15) is 11.1 Å². The van der Waals surface area contributed by atoms with E-state index < -0.39 is 11.7 Å². The highest BCUT2D eigenvalue weighted by molar-refractivity contribution is 5.81. The molecule has 0 aliphatic heterocycles. The molecule has 4 aromatic carbocycles. The lowest BCUT2D eigenvalue weighted by atomic mass is 10.1. The summed E-state index contributed by atoms with van der Waals surface area (Å²) in [6.45, 7) is 0.0244. The van der Waals surface area contributed by atoms with Crippen molar-refractivity contribution in [2.24, 2.45) is 0 Å². The molecule has 0 aliphatic rings. The van der Waals surface area contributed by atoms with Gasteiger partial charge in [-0.15, -0.1) is 0 Å². The van der Waals surface area contributed by atoms with Crippen molar-refractivity contribution in [3.8, 4) is 34.4 Å². The number of benzene rings is 4. The third-order valence-electron chi connectivity index (χ3n) is 6.19. The lowest BCUT2D eigenvalue weighted by Crippen LogP contribution is -2.24. The van der Waals surface area contributed by atoms with Gasteiger partial charge in [-0.05, 0) is 84.4 Å². The number of hydrogen-bond donors (Lipinski definition) is 0. The van der Waals surface area contributed by atoms with Crippen molar-refractivity contribution in [3.05, 3.63) is 112 Å². The van der Waals surface area contributed by atoms with Crippen LogP contribution >= 0.6 is 0 Å². The molecule has 1 aromatic heterocycles. The average molecular weight is 533 g/mol. The van der Waals surface area contributed by atoms with Gasteiger partial charge in [0.25, 0.3) is 5.56 Å². The first kappa shape index (κ1) is 25.8. The lowest BCUT2D eigenvalue weighted by Gasteiger charge is -2.15. The SMILES string of the molecule is COc1ccc(Oc2ccc(-c3nc4ccc(OC)cc4c(=O)n3Cc3ccc(C(F)(F)F)cc3)cc2)cc1. The predicted molar refractivity (Wildman–Crippen MR) is 142 cm³/mol. The molecule has 198 valence electrons. The molecule has 0 N–H and O–H groups in total. The van der Waals surface area contributed by atoms with E-state index in [1.807, 2.05) is 0 Å². The van der Waals surface area contributed by atoms with E-state index in [0.29, 0.717) is 50.9 Å². The summed E-state index contributed by atoms with van der Waals surface area (Å²) in [5.41, 5.74) is 0.534. The Morgan fingerprint density at radius 1 is 0.744 bits per heavy atom. The van der Waals surface area contributed by atoms with Crippen LogP contribution < -0.4 is 19.8 Å². The minimum atomic E-state index is -4.45. The Bertz CT molecular complexity index is 1660. The number of ether oxygens (including phenoxy) is 3. The highest BCUT2D eigenvalue weighted by Gasteiger charge is 2.30. The Kier molecular flexibility index (Phi) is 6.98. The van der Waals surface area contributed by atoms with Crippen LogP contribution in [-0.2, 0) is 12.7 Å². The van der Waals surface area contributed by atoms with Crippen molar-refractivity contribution in [3.63, 3.8) is 0 Å². The molecule has 1 heterocycles. The molecular weight excluding hydrogens is 509 g/mol. The summed E-state index contributed by atoms with van der Waals surface area (Å²) in [7, 11) is 3.09. The number of fused-ring (bicyclic) bond motifs is 1. The van der Waals surface area contributed by atoms with E-state index in [9.17, 15) is 18.0 Å². The van der Waals surface area contributed by atoms with Crippen molar-refractivity contribution in [2.45, 2.75) is 12.7 Å². The molecule has 0 spiro atoms. The lowest BCUT2D eigenvalue weighted by molar-refractivity contribution is -0.137. The van der Waals surface area contributed by atoms with Gasteiger partial charge in [0.1, 0.15) is 28.8 Å². The van der Waals surface area contributed by atoms with Crippen LogP contribution in [0.2, 0.25) is 0 Å². The Labute approximate surface area is 221 Å². The highest BCUT2D eigenvalue weighted by Crippen LogP contribution is 2.30. The second-order valence-electron chi connectivity index (χ2n) is 8.71. The van der Waals surface area contributed by atoms with Crippen molar-refractivity contribution < 1.29 is 27.4 Å². The molecule has 9 heteroatoms. The largest absolute Gasteiger partial charge is 0.497 e. The summed E-state index contributed by atoms with van der Waals surface area (Å²) in [5.74, 6) is 2.78. The maximum absolute atomic E-state index is 13.6. The number of methoxy groups -OCH3 is 2. The Hall–Kier alpha value is -4.79. The molecule has 0 amide bonds. The molecule has 0 saturated carbocycles. The average Bonchev–Trinajstić information content (AvgIpc) is 2.95. The van der Waals surface area contributed by atoms with Crippen molar-refractivity contribution in [2.75, 3.05) is 14.2 Å². The Balaban J connectivity index is 1.54. The maximum atomic E-state index is 13.6. The van der Waals surface area contributed by atoms with Crippen LogP contribution in [0.15, 0.2) is 95.8 Å². The summed E-state index contributed by atoms with van der Waals surface area (Å²) in [6.07, 6.45) is -4.45. The summed E-state index contributed by atoms with van der Waals surface area (Å²) >= 11 is 0. The monoisotopic (exact) mass is 532 g/mol. The van der Waals surface area contributed by atoms with E-state index in [2.05, 4.69) is 0 Å². The summed E-state index contributed by atoms with van der Waals surface area (Å²) in [4.78, 5) is 18.4. The molecule has 0 fully saturated rings. The van der Waals surface area contributed by atoms with Gasteiger partial charge in [0.05, 0.1) is 37.2 Å². The molecule has 0 bridgehead atoms. The molecule has 0 atom stereocenters. The van der Waals surface area contributed by atoms with Gasteiger partial charge in [-0.2, -0.15) is 13.2 Å². The predicted octanol–water partition coefficient (Wildman–Crippen LogP) is 6.94. The van der Waals surface area contributed by atoms with Crippen LogP contribution in [0.25, 0.3) is 22.3 Å². The van der Waals surface area contributed by atoms with Gasteiger partial charge in [-0.3, -0.25) is 9.36 Å². The van der Waals surface area contributed by atoms with E-state index in [4.69, 9.17) is 19.2 Å². The third-order valence-corrected chi connectivity index (χ3v) is 6.19. The van der Waals surface area contributed by atoms with Crippen LogP contribution in [0.4, 0.5) is 13.2 Å². The zero-order valence-electron chi connectivity index (χ0n) is 21.0. The molecule has 6 nitrogen and oxygen atoms in total. The van der Waals surface area contributed by atoms with Gasteiger partial charge < -0.3 is 14.2 Å².